The summed E-state index contributed by atoms with van der Waals surface area (Å²) in [6, 6.07) is 46.0. The molecule has 89 heavy (non-hydrogen) atoms. The van der Waals surface area contributed by atoms with Gasteiger partial charge in [-0.1, -0.05) is 156 Å². The highest BCUT2D eigenvalue weighted by Crippen LogP contribution is 2.44. The second-order valence-electron chi connectivity index (χ2n) is 26.3. The van der Waals surface area contributed by atoms with E-state index in [0.717, 1.165) is 66.8 Å². The van der Waals surface area contributed by atoms with Gasteiger partial charge in [-0.25, -0.2) is 18.0 Å². The SMILES string of the molecule is CC(C)(C)c1cc(C=NN=C2c3ccccc3-c3c(C(=O)OCCOc4ccc(S(=O)(=O)c5ccc(OCCOC(=O)c6cccc7c6-c6ccccc6C7=NN=Cc6cc(C(C)(C)C)c(O)c(C(C)(C)C)c6)cc5)cc4)cccc32)cc(C(C)(C)C)c1O. The standard InChI is InChI=1S/C74H74N4O10S/c1-71(2,3)59-39-45(40-60(67(59)79)72(4,5)6)43-75-77-65-53-21-15-13-19-51(53)63-55(65)23-17-25-57(63)69(81)87-37-35-85-47-27-31-49(32-28-47)89(83,84)50-33-29-48(30-34-50)86-36-38-88-70(82)58-26-18-24-56-64(58)52-20-14-16-22-54(52)66(56)78-76-44-46-41-61(73(7,8)9)68(80)62(42-46)74(10,11)12/h13-34,39-44,79-80H,35-38H2,1-12H3. The van der Waals surface area contributed by atoms with Crippen LogP contribution in [0, 0.1) is 0 Å². The number of hydrogen-bond donors (Lipinski definition) is 2. The second kappa shape index (κ2) is 24.6. The van der Waals surface area contributed by atoms with Gasteiger partial charge < -0.3 is 29.2 Å². The minimum atomic E-state index is -3.93. The van der Waals surface area contributed by atoms with Crippen LogP contribution in [0.1, 0.15) is 159 Å². The summed E-state index contributed by atoms with van der Waals surface area (Å²) in [5.74, 6) is 0.258. The van der Waals surface area contributed by atoms with Gasteiger partial charge in [-0.15, -0.1) is 10.2 Å². The number of aromatic hydroxyl groups is 2. The minimum absolute atomic E-state index is 0.00783. The average molecular weight is 1210 g/mol. The van der Waals surface area contributed by atoms with E-state index in [2.05, 4.69) is 93.3 Å². The van der Waals surface area contributed by atoms with Crippen LogP contribution in [0.25, 0.3) is 22.3 Å². The van der Waals surface area contributed by atoms with Crippen LogP contribution in [0.3, 0.4) is 0 Å². The van der Waals surface area contributed by atoms with E-state index < -0.39 is 21.8 Å². The summed E-state index contributed by atoms with van der Waals surface area (Å²) in [6.45, 7) is 24.6. The first-order chi connectivity index (χ1) is 42.1. The first kappa shape index (κ1) is 62.6. The van der Waals surface area contributed by atoms with Crippen molar-refractivity contribution in [3.05, 3.63) is 224 Å². The summed E-state index contributed by atoms with van der Waals surface area (Å²) >= 11 is 0. The van der Waals surface area contributed by atoms with E-state index >= 15 is 0 Å². The number of nitrogens with zero attached hydrogens (tertiary/aromatic N) is 4. The maximum absolute atomic E-state index is 13.7. The lowest BCUT2D eigenvalue weighted by Crippen LogP contribution is -2.17. The molecular weight excluding hydrogens is 1140 g/mol. The van der Waals surface area contributed by atoms with Gasteiger partial charge in [0.15, 0.2) is 0 Å². The number of carbonyl (C=O) groups excluding carboxylic acids is 2. The van der Waals surface area contributed by atoms with E-state index in [9.17, 15) is 28.2 Å². The Labute approximate surface area is 521 Å². The Bertz CT molecular complexity index is 3960. The highest BCUT2D eigenvalue weighted by Gasteiger charge is 2.33. The fourth-order valence-electron chi connectivity index (χ4n) is 11.1. The van der Waals surface area contributed by atoms with Gasteiger partial charge in [0.25, 0.3) is 0 Å². The van der Waals surface area contributed by atoms with Gasteiger partial charge in [-0.2, -0.15) is 10.2 Å². The average Bonchev–Trinajstić information content (AvgIpc) is 1.83. The summed E-state index contributed by atoms with van der Waals surface area (Å²) in [5, 5.41) is 41.0. The van der Waals surface area contributed by atoms with Crippen molar-refractivity contribution in [3.8, 4) is 45.3 Å². The van der Waals surface area contributed by atoms with Crippen LogP contribution in [0.2, 0.25) is 0 Å². The molecule has 15 heteroatoms. The number of sulfone groups is 1. The molecule has 2 aliphatic rings. The molecule has 2 N–H and O–H groups in total. The molecular formula is C74H74N4O10S. The molecule has 0 heterocycles. The van der Waals surface area contributed by atoms with Crippen molar-refractivity contribution in [2.24, 2.45) is 20.4 Å². The zero-order valence-corrected chi connectivity index (χ0v) is 53.2. The lowest BCUT2D eigenvalue weighted by atomic mass is 9.78. The molecule has 0 fully saturated rings. The fraction of sp³-hybridized carbons (Fsp3) is 0.270. The maximum Gasteiger partial charge on any atom is 0.338 e. The molecule has 0 aromatic heterocycles. The van der Waals surface area contributed by atoms with Gasteiger partial charge >= 0.3 is 11.9 Å². The summed E-state index contributed by atoms with van der Waals surface area (Å²) in [6.07, 6.45) is 3.38. The molecule has 0 unspecified atom stereocenters. The van der Waals surface area contributed by atoms with Crippen LogP contribution >= 0.6 is 0 Å². The number of carbonyl (C=O) groups is 2. The van der Waals surface area contributed by atoms with Crippen LogP contribution in [0.4, 0.5) is 0 Å². The molecule has 0 bridgehead atoms. The van der Waals surface area contributed by atoms with Gasteiger partial charge in [0.2, 0.25) is 9.84 Å². The molecule has 0 amide bonds. The Kier molecular flexibility index (Phi) is 17.3. The van der Waals surface area contributed by atoms with Crippen molar-refractivity contribution in [1.29, 1.82) is 0 Å². The number of rotatable bonds is 16. The van der Waals surface area contributed by atoms with E-state index in [1.165, 1.54) is 24.3 Å². The van der Waals surface area contributed by atoms with Crippen LogP contribution in [0.15, 0.2) is 188 Å². The quantitative estimate of drug-likeness (QED) is 0.0407. The number of phenolic OH excluding ortho intramolecular Hbond substituents is 2. The largest absolute Gasteiger partial charge is 0.507 e. The normalized spacial score (nSPS) is 14.0. The number of phenols is 2. The molecule has 10 rings (SSSR count). The molecule has 0 saturated heterocycles. The predicted octanol–water partition coefficient (Wildman–Crippen LogP) is 15.3. The first-order valence-corrected chi connectivity index (χ1v) is 31.1. The lowest BCUT2D eigenvalue weighted by Gasteiger charge is -2.27. The Morgan fingerprint density at radius 2 is 0.730 bits per heavy atom. The van der Waals surface area contributed by atoms with Crippen molar-refractivity contribution in [1.82, 2.24) is 0 Å². The Morgan fingerprint density at radius 1 is 0.416 bits per heavy atom. The lowest BCUT2D eigenvalue weighted by molar-refractivity contribution is 0.0443. The number of hydrogen-bond acceptors (Lipinski definition) is 14. The van der Waals surface area contributed by atoms with Gasteiger partial charge in [-0.05, 0) is 129 Å². The van der Waals surface area contributed by atoms with Crippen LogP contribution in [-0.4, -0.2) is 80.8 Å². The fourth-order valence-corrected chi connectivity index (χ4v) is 12.4. The smallest absolute Gasteiger partial charge is 0.338 e. The first-order valence-electron chi connectivity index (χ1n) is 29.6. The molecule has 8 aromatic carbocycles. The van der Waals surface area contributed by atoms with E-state index in [0.29, 0.717) is 45.2 Å². The third-order valence-corrected chi connectivity index (χ3v) is 17.4. The Hall–Kier alpha value is -9.47. The summed E-state index contributed by atoms with van der Waals surface area (Å²) in [7, 11) is -3.93. The predicted molar refractivity (Wildman–Crippen MR) is 351 cm³/mol. The molecule has 0 radical (unpaired) electrons. The highest BCUT2D eigenvalue weighted by atomic mass is 32.2. The number of benzene rings is 8. The zero-order chi connectivity index (χ0) is 63.8. The molecule has 0 saturated carbocycles. The van der Waals surface area contributed by atoms with E-state index in [-0.39, 0.29) is 69.4 Å². The van der Waals surface area contributed by atoms with Crippen molar-refractivity contribution < 1.29 is 47.2 Å². The van der Waals surface area contributed by atoms with Crippen molar-refractivity contribution in [3.63, 3.8) is 0 Å². The number of fused-ring (bicyclic) bond motifs is 6. The maximum atomic E-state index is 13.7. The van der Waals surface area contributed by atoms with Gasteiger partial charge in [0, 0.05) is 55.6 Å². The van der Waals surface area contributed by atoms with Crippen molar-refractivity contribution in [2.75, 3.05) is 26.4 Å². The molecule has 2 aliphatic carbocycles. The Balaban J connectivity index is 0.725. The third-order valence-electron chi connectivity index (χ3n) is 15.6. The number of esters is 2. The third kappa shape index (κ3) is 13.2. The molecule has 456 valence electrons. The molecule has 14 nitrogen and oxygen atoms in total. The van der Waals surface area contributed by atoms with Gasteiger partial charge in [0.05, 0.1) is 33.3 Å². The summed E-state index contributed by atoms with van der Waals surface area (Å²) < 4.78 is 50.6. The van der Waals surface area contributed by atoms with E-state index in [4.69, 9.17) is 29.2 Å². The van der Waals surface area contributed by atoms with Gasteiger partial charge in [-0.3, -0.25) is 0 Å². The van der Waals surface area contributed by atoms with Crippen LogP contribution < -0.4 is 9.47 Å². The van der Waals surface area contributed by atoms with E-state index in [1.54, 1.807) is 61.0 Å². The van der Waals surface area contributed by atoms with E-state index in [1.807, 2.05) is 84.9 Å². The molecule has 8 aromatic rings. The molecule has 0 aliphatic heterocycles. The molecule has 0 spiro atoms. The van der Waals surface area contributed by atoms with Crippen molar-refractivity contribution >= 4 is 45.6 Å². The summed E-state index contributed by atoms with van der Waals surface area (Å²) in [4.78, 5) is 27.6. The number of ether oxygens (including phenoxy) is 4. The zero-order valence-electron chi connectivity index (χ0n) is 52.4. The topological polar surface area (TPSA) is 195 Å². The van der Waals surface area contributed by atoms with Crippen LogP contribution in [-0.2, 0) is 41.0 Å². The monoisotopic (exact) mass is 1210 g/mol. The van der Waals surface area contributed by atoms with Gasteiger partial charge in [0.1, 0.15) is 60.8 Å². The van der Waals surface area contributed by atoms with Crippen LogP contribution in [0.5, 0.6) is 23.0 Å². The highest BCUT2D eigenvalue weighted by molar-refractivity contribution is 7.91. The minimum Gasteiger partial charge on any atom is -0.507 e. The van der Waals surface area contributed by atoms with Crippen molar-refractivity contribution in [2.45, 2.75) is 115 Å². The summed E-state index contributed by atoms with van der Waals surface area (Å²) in [5.41, 5.74) is 11.8. The Morgan fingerprint density at radius 3 is 1.06 bits per heavy atom. The molecule has 0 atom stereocenters. The second-order valence-corrected chi connectivity index (χ2v) is 28.2.